The normalized spacial score (nSPS) is 15.0. The molecule has 1 aliphatic heterocycles. The van der Waals surface area contributed by atoms with Crippen molar-refractivity contribution in [2.24, 2.45) is 0 Å². The molecule has 8 nitrogen and oxygen atoms in total. The van der Waals surface area contributed by atoms with Gasteiger partial charge in [-0.3, -0.25) is 14.8 Å². The van der Waals surface area contributed by atoms with Gasteiger partial charge in [0.15, 0.2) is 0 Å². The molecule has 0 spiro atoms. The number of hydrogen-bond donors (Lipinski definition) is 1. The highest BCUT2D eigenvalue weighted by Gasteiger charge is 2.39. The summed E-state index contributed by atoms with van der Waals surface area (Å²) in [4.78, 5) is 23.1. The molecule has 5 rings (SSSR count). The van der Waals surface area contributed by atoms with Crippen LogP contribution < -0.4 is 0 Å². The van der Waals surface area contributed by atoms with E-state index in [1.807, 2.05) is 0 Å². The predicted molar refractivity (Wildman–Crippen MR) is 111 cm³/mol. The van der Waals surface area contributed by atoms with Gasteiger partial charge >= 0.3 is 6.43 Å². The molecule has 0 fully saturated rings. The number of alkyl halides is 2. The van der Waals surface area contributed by atoms with Gasteiger partial charge in [0.05, 0.1) is 17.6 Å². The second-order valence-electron chi connectivity index (χ2n) is 7.60. The van der Waals surface area contributed by atoms with Crippen LogP contribution in [0, 0.1) is 5.82 Å². The topological polar surface area (TPSA) is 105 Å². The molecule has 0 saturated carbocycles. The van der Waals surface area contributed by atoms with Crippen LogP contribution in [0.15, 0.2) is 65.3 Å². The van der Waals surface area contributed by atoms with Crippen molar-refractivity contribution in [3.63, 3.8) is 0 Å². The summed E-state index contributed by atoms with van der Waals surface area (Å²) in [5, 5.41) is 18.1. The van der Waals surface area contributed by atoms with E-state index in [-0.39, 0.29) is 18.1 Å². The first-order valence-electron chi connectivity index (χ1n) is 10.2. The van der Waals surface area contributed by atoms with Gasteiger partial charge in [-0.2, -0.15) is 8.78 Å². The van der Waals surface area contributed by atoms with Crippen molar-refractivity contribution in [3.05, 3.63) is 95.1 Å². The molecule has 4 aromatic rings. The Morgan fingerprint density at radius 1 is 1.03 bits per heavy atom. The minimum atomic E-state index is -2.91. The van der Waals surface area contributed by atoms with E-state index in [1.165, 1.54) is 29.3 Å². The second kappa shape index (κ2) is 8.67. The lowest BCUT2D eigenvalue weighted by atomic mass is 10.0. The summed E-state index contributed by atoms with van der Waals surface area (Å²) in [5.41, 5.74) is 1.85. The fraction of sp³-hybridized carbons (Fsp3) is 0.174. The number of nitrogens with zero attached hydrogens (tertiary/aromatic N) is 5. The first-order valence-corrected chi connectivity index (χ1v) is 10.2. The van der Waals surface area contributed by atoms with E-state index in [2.05, 4.69) is 20.2 Å². The highest BCUT2D eigenvalue weighted by Crippen LogP contribution is 2.39. The average molecular weight is 467 g/mol. The number of aliphatic hydroxyl groups excluding tert-OH is 1. The minimum absolute atomic E-state index is 0.138. The zero-order chi connectivity index (χ0) is 23.8. The third kappa shape index (κ3) is 3.90. The monoisotopic (exact) mass is 467 g/mol. The number of amides is 1. The Morgan fingerprint density at radius 2 is 1.88 bits per heavy atom. The van der Waals surface area contributed by atoms with Crippen LogP contribution in [0.25, 0.3) is 11.5 Å². The number of rotatable bonds is 6. The van der Waals surface area contributed by atoms with E-state index in [0.29, 0.717) is 22.4 Å². The van der Waals surface area contributed by atoms with Crippen molar-refractivity contribution in [2.45, 2.75) is 25.1 Å². The number of hydrogen-bond acceptors (Lipinski definition) is 7. The molecule has 3 aromatic heterocycles. The molecule has 172 valence electrons. The standard InChI is InChI=1S/C23H16F3N5O3/c24-14-6-7-17(28-10-14)19(32)18(16-3-1-2-8-27-16)31-11-13-5-4-12(9-15(13)23(31)33)21-29-30-22(34-21)20(25)26/h1-10,18-20,32H,11H2/t18-,19+/m1/s1. The van der Waals surface area contributed by atoms with Gasteiger partial charge in [-0.15, -0.1) is 10.2 Å². The zero-order valence-electron chi connectivity index (χ0n) is 17.3. The molecule has 1 aromatic carbocycles. The quantitative estimate of drug-likeness (QED) is 0.456. The fourth-order valence-electron chi connectivity index (χ4n) is 3.89. The summed E-state index contributed by atoms with van der Waals surface area (Å²) < 4.78 is 44.0. The van der Waals surface area contributed by atoms with Gasteiger partial charge < -0.3 is 14.4 Å². The molecule has 0 unspecified atom stereocenters. The van der Waals surface area contributed by atoms with E-state index in [1.54, 1.807) is 30.3 Å². The van der Waals surface area contributed by atoms with Gasteiger partial charge in [-0.25, -0.2) is 4.39 Å². The van der Waals surface area contributed by atoms with Gasteiger partial charge in [-0.1, -0.05) is 12.1 Å². The lowest BCUT2D eigenvalue weighted by molar-refractivity contribution is 0.0331. The number of aliphatic hydroxyl groups is 1. The SMILES string of the molecule is O=C1c2cc(-c3nnc(C(F)F)o3)ccc2CN1[C@H](c1ccccn1)[C@@H](O)c1ccc(F)cn1. The molecule has 2 atom stereocenters. The molecule has 1 N–H and O–H groups in total. The molecular weight excluding hydrogens is 451 g/mol. The van der Waals surface area contributed by atoms with Crippen molar-refractivity contribution in [2.75, 3.05) is 0 Å². The molecule has 4 heterocycles. The van der Waals surface area contributed by atoms with Gasteiger partial charge in [0, 0.05) is 23.9 Å². The van der Waals surface area contributed by atoms with Crippen LogP contribution in [0.4, 0.5) is 13.2 Å². The maximum Gasteiger partial charge on any atom is 0.314 e. The molecule has 11 heteroatoms. The summed E-state index contributed by atoms with van der Waals surface area (Å²) >= 11 is 0. The summed E-state index contributed by atoms with van der Waals surface area (Å²) in [6.07, 6.45) is -1.68. The smallest absolute Gasteiger partial charge is 0.314 e. The zero-order valence-corrected chi connectivity index (χ0v) is 17.3. The van der Waals surface area contributed by atoms with Crippen LogP contribution in [0.1, 0.15) is 51.8 Å². The van der Waals surface area contributed by atoms with E-state index < -0.39 is 36.2 Å². The highest BCUT2D eigenvalue weighted by atomic mass is 19.3. The molecule has 0 bridgehead atoms. The largest absolute Gasteiger partial charge is 0.415 e. The molecular formula is C23H16F3N5O3. The molecule has 34 heavy (non-hydrogen) atoms. The summed E-state index contributed by atoms with van der Waals surface area (Å²) in [5.74, 6) is -1.92. The molecule has 1 aliphatic rings. The van der Waals surface area contributed by atoms with Crippen molar-refractivity contribution in [1.29, 1.82) is 0 Å². The molecule has 0 saturated heterocycles. The van der Waals surface area contributed by atoms with Crippen LogP contribution in [0.5, 0.6) is 0 Å². The number of fused-ring (bicyclic) bond motifs is 1. The van der Waals surface area contributed by atoms with Crippen LogP contribution in [-0.2, 0) is 6.54 Å². The van der Waals surface area contributed by atoms with E-state index in [0.717, 1.165) is 6.20 Å². The first-order chi connectivity index (χ1) is 16.4. The van der Waals surface area contributed by atoms with Crippen LogP contribution in [0.3, 0.4) is 0 Å². The van der Waals surface area contributed by atoms with Crippen LogP contribution in [-0.4, -0.2) is 36.1 Å². The Morgan fingerprint density at radius 3 is 2.56 bits per heavy atom. The second-order valence-corrected chi connectivity index (χ2v) is 7.60. The van der Waals surface area contributed by atoms with Gasteiger partial charge in [-0.05, 0) is 42.0 Å². The lowest BCUT2D eigenvalue weighted by Crippen LogP contribution is -2.34. The van der Waals surface area contributed by atoms with Crippen molar-refractivity contribution in [1.82, 2.24) is 25.1 Å². The Bertz CT molecular complexity index is 1330. The Hall–Kier alpha value is -4.12. The maximum absolute atomic E-state index is 13.4. The predicted octanol–water partition coefficient (Wildman–Crippen LogP) is 4.03. The van der Waals surface area contributed by atoms with E-state index in [4.69, 9.17) is 4.42 Å². The van der Waals surface area contributed by atoms with Crippen molar-refractivity contribution >= 4 is 5.91 Å². The summed E-state index contributed by atoms with van der Waals surface area (Å²) in [6.45, 7) is 0.153. The molecule has 0 radical (unpaired) electrons. The number of halogens is 3. The fourth-order valence-corrected chi connectivity index (χ4v) is 3.89. The highest BCUT2D eigenvalue weighted by molar-refractivity contribution is 5.99. The molecule has 0 aliphatic carbocycles. The number of pyridine rings is 2. The van der Waals surface area contributed by atoms with Crippen molar-refractivity contribution < 1.29 is 27.5 Å². The number of aromatic nitrogens is 4. The van der Waals surface area contributed by atoms with Crippen molar-refractivity contribution in [3.8, 4) is 11.5 Å². The van der Waals surface area contributed by atoms with Gasteiger partial charge in [0.2, 0.25) is 5.89 Å². The molecule has 1 amide bonds. The van der Waals surface area contributed by atoms with Crippen LogP contribution in [0.2, 0.25) is 0 Å². The lowest BCUT2D eigenvalue weighted by Gasteiger charge is -2.31. The Kier molecular flexibility index (Phi) is 5.54. The Balaban J connectivity index is 1.50. The van der Waals surface area contributed by atoms with Crippen LogP contribution >= 0.6 is 0 Å². The van der Waals surface area contributed by atoms with Gasteiger partial charge in [0.1, 0.15) is 18.0 Å². The van der Waals surface area contributed by atoms with E-state index in [9.17, 15) is 23.1 Å². The first kappa shape index (κ1) is 21.7. The number of carbonyl (C=O) groups is 1. The van der Waals surface area contributed by atoms with E-state index >= 15 is 0 Å². The maximum atomic E-state index is 13.4. The number of benzene rings is 1. The summed E-state index contributed by atoms with van der Waals surface area (Å²) in [6, 6.07) is 11.4. The summed E-state index contributed by atoms with van der Waals surface area (Å²) in [7, 11) is 0. The third-order valence-corrected chi connectivity index (χ3v) is 5.50. The number of carbonyl (C=O) groups excluding carboxylic acids is 1. The average Bonchev–Trinajstić information content (AvgIpc) is 3.46. The Labute approximate surface area is 190 Å². The third-order valence-electron chi connectivity index (χ3n) is 5.50. The van der Waals surface area contributed by atoms with Gasteiger partial charge in [0.25, 0.3) is 11.8 Å². The minimum Gasteiger partial charge on any atom is -0.415 e.